The fraction of sp³-hybridized carbons (Fsp3) is 0.583. The van der Waals surface area contributed by atoms with Crippen molar-refractivity contribution in [1.82, 2.24) is 20.5 Å². The van der Waals surface area contributed by atoms with Gasteiger partial charge in [0.05, 0.1) is 10.7 Å². The molecule has 172 valence electrons. The van der Waals surface area contributed by atoms with E-state index in [0.717, 1.165) is 57.9 Å². The summed E-state index contributed by atoms with van der Waals surface area (Å²) in [6.45, 7) is 13.7. The third-order valence-electron chi connectivity index (χ3n) is 5.44. The predicted molar refractivity (Wildman–Crippen MR) is 144 cm³/mol. The molecule has 1 aliphatic heterocycles. The minimum atomic E-state index is 0. The molecule has 0 unspecified atom stereocenters. The number of guanidine groups is 1. The van der Waals surface area contributed by atoms with Crippen LogP contribution < -0.4 is 10.6 Å². The number of nitrogens with zero attached hydrogens (tertiary/aromatic N) is 3. The number of benzene rings is 1. The van der Waals surface area contributed by atoms with E-state index in [1.807, 2.05) is 0 Å². The largest absolute Gasteiger partial charge is 0.357 e. The molecule has 3 rings (SSSR count). The van der Waals surface area contributed by atoms with Crippen LogP contribution in [0.2, 0.25) is 0 Å². The van der Waals surface area contributed by atoms with Crippen molar-refractivity contribution in [1.29, 1.82) is 0 Å². The zero-order valence-electron chi connectivity index (χ0n) is 19.4. The second-order valence-corrected chi connectivity index (χ2v) is 10.0. The van der Waals surface area contributed by atoms with Gasteiger partial charge in [0.1, 0.15) is 0 Å². The van der Waals surface area contributed by atoms with Gasteiger partial charge in [-0.25, -0.2) is 4.98 Å². The van der Waals surface area contributed by atoms with Crippen molar-refractivity contribution < 1.29 is 0 Å². The number of piperidine rings is 1. The Kier molecular flexibility index (Phi) is 10.7. The first kappa shape index (κ1) is 26.1. The molecule has 0 amide bonds. The summed E-state index contributed by atoms with van der Waals surface area (Å²) in [5.74, 6) is 0.937. The first-order valence-corrected chi connectivity index (χ1v) is 12.1. The second-order valence-electron chi connectivity index (χ2n) is 9.07. The Labute approximate surface area is 209 Å². The van der Waals surface area contributed by atoms with Gasteiger partial charge in [0.15, 0.2) is 5.96 Å². The van der Waals surface area contributed by atoms with Crippen molar-refractivity contribution in [3.8, 4) is 0 Å². The van der Waals surface area contributed by atoms with Gasteiger partial charge < -0.3 is 10.6 Å². The van der Waals surface area contributed by atoms with Crippen LogP contribution in [0.5, 0.6) is 0 Å². The van der Waals surface area contributed by atoms with E-state index in [2.05, 4.69) is 78.9 Å². The van der Waals surface area contributed by atoms with Gasteiger partial charge in [0.2, 0.25) is 0 Å². The lowest BCUT2D eigenvalue weighted by atomic mass is 9.93. The van der Waals surface area contributed by atoms with Crippen LogP contribution in [0.25, 0.3) is 0 Å². The first-order valence-electron chi connectivity index (χ1n) is 11.2. The number of likely N-dealkylation sites (tertiary alicyclic amines) is 1. The molecule has 0 aliphatic carbocycles. The summed E-state index contributed by atoms with van der Waals surface area (Å²) in [6.07, 6.45) is 3.20. The molecule has 1 aromatic carbocycles. The lowest BCUT2D eigenvalue weighted by Gasteiger charge is -2.33. The van der Waals surface area contributed by atoms with Crippen molar-refractivity contribution >= 4 is 41.3 Å². The molecule has 0 atom stereocenters. The number of thiazole rings is 1. The van der Waals surface area contributed by atoms with E-state index in [-0.39, 0.29) is 29.4 Å². The normalized spacial score (nSPS) is 16.1. The van der Waals surface area contributed by atoms with E-state index >= 15 is 0 Å². The lowest BCUT2D eigenvalue weighted by molar-refractivity contribution is 0.198. The maximum absolute atomic E-state index is 4.81. The van der Waals surface area contributed by atoms with Crippen molar-refractivity contribution in [2.75, 3.05) is 26.2 Å². The monoisotopic (exact) mass is 555 g/mol. The number of hydrogen-bond acceptors (Lipinski definition) is 4. The molecule has 1 saturated heterocycles. The summed E-state index contributed by atoms with van der Waals surface area (Å²) in [5, 5.41) is 10.4. The molecule has 31 heavy (non-hydrogen) atoms. The minimum Gasteiger partial charge on any atom is -0.357 e. The minimum absolute atomic E-state index is 0. The number of rotatable bonds is 7. The number of aromatic nitrogens is 1. The number of hydrogen-bond donors (Lipinski definition) is 2. The third kappa shape index (κ3) is 8.69. The van der Waals surface area contributed by atoms with Crippen LogP contribution in [0.4, 0.5) is 0 Å². The fourth-order valence-corrected chi connectivity index (χ4v) is 4.64. The highest BCUT2D eigenvalue weighted by Gasteiger charge is 2.20. The van der Waals surface area contributed by atoms with Crippen LogP contribution in [0.15, 0.2) is 40.7 Å². The molecule has 1 aliphatic rings. The zero-order chi connectivity index (χ0) is 21.4. The Morgan fingerprint density at radius 1 is 1.19 bits per heavy atom. The Bertz CT molecular complexity index is 792. The summed E-state index contributed by atoms with van der Waals surface area (Å²) in [5.41, 5.74) is 2.69. The summed E-state index contributed by atoms with van der Waals surface area (Å²) in [7, 11) is 0. The molecule has 5 nitrogen and oxygen atoms in total. The number of halogens is 1. The van der Waals surface area contributed by atoms with Crippen molar-refractivity contribution in [3.05, 3.63) is 52.0 Å². The van der Waals surface area contributed by atoms with Crippen LogP contribution in [-0.4, -0.2) is 48.1 Å². The molecule has 2 N–H and O–H groups in total. The highest BCUT2D eigenvalue weighted by molar-refractivity contribution is 14.0. The summed E-state index contributed by atoms with van der Waals surface area (Å²) >= 11 is 1.75. The zero-order valence-corrected chi connectivity index (χ0v) is 22.5. The standard InChI is InChI=1S/C24H37N5S.HI/c1-5-25-23(26-14-11-22-28-21(18-30-22)24(2,3)4)27-20-12-15-29(16-13-20)17-19-9-7-6-8-10-19;/h6-10,18,20H,5,11-17H2,1-4H3,(H2,25,26,27);1H. The van der Waals surface area contributed by atoms with Gasteiger partial charge in [-0.15, -0.1) is 35.3 Å². The quantitative estimate of drug-likeness (QED) is 0.292. The van der Waals surface area contributed by atoms with Gasteiger partial charge >= 0.3 is 0 Å². The Hall–Kier alpha value is -1.19. The molecule has 1 fully saturated rings. The molecule has 7 heteroatoms. The van der Waals surface area contributed by atoms with Crippen molar-refractivity contribution in [3.63, 3.8) is 0 Å². The lowest BCUT2D eigenvalue weighted by Crippen LogP contribution is -2.48. The molecular weight excluding hydrogens is 517 g/mol. The molecule has 2 aromatic rings. The molecule has 2 heterocycles. The summed E-state index contributed by atoms with van der Waals surface area (Å²) < 4.78 is 0. The first-order chi connectivity index (χ1) is 14.4. The van der Waals surface area contributed by atoms with Gasteiger partial charge in [0, 0.05) is 56.0 Å². The molecule has 1 aromatic heterocycles. The Morgan fingerprint density at radius 2 is 1.90 bits per heavy atom. The summed E-state index contributed by atoms with van der Waals surface area (Å²) in [6, 6.07) is 11.2. The highest BCUT2D eigenvalue weighted by Crippen LogP contribution is 2.24. The second kappa shape index (κ2) is 12.7. The van der Waals surface area contributed by atoms with E-state index in [1.165, 1.54) is 16.3 Å². The van der Waals surface area contributed by atoms with Gasteiger partial charge in [-0.1, -0.05) is 51.1 Å². The van der Waals surface area contributed by atoms with E-state index in [0.29, 0.717) is 6.04 Å². The van der Waals surface area contributed by atoms with Crippen molar-refractivity contribution in [2.24, 2.45) is 4.99 Å². The molecule has 0 saturated carbocycles. The van der Waals surface area contributed by atoms with Crippen molar-refractivity contribution in [2.45, 2.75) is 65.0 Å². The van der Waals surface area contributed by atoms with Gasteiger partial charge in [-0.05, 0) is 25.3 Å². The van der Waals surface area contributed by atoms with Gasteiger partial charge in [-0.3, -0.25) is 9.89 Å². The average Bonchev–Trinajstić information content (AvgIpc) is 3.20. The Morgan fingerprint density at radius 3 is 2.52 bits per heavy atom. The number of aliphatic imine (C=N–C) groups is 1. The topological polar surface area (TPSA) is 52.6 Å². The number of nitrogens with one attached hydrogen (secondary N) is 2. The smallest absolute Gasteiger partial charge is 0.191 e. The van der Waals surface area contributed by atoms with Crippen LogP contribution in [0.1, 0.15) is 56.8 Å². The maximum atomic E-state index is 4.81. The van der Waals surface area contributed by atoms with E-state index in [9.17, 15) is 0 Å². The van der Waals surface area contributed by atoms with Gasteiger partial charge in [-0.2, -0.15) is 0 Å². The van der Waals surface area contributed by atoms with Crippen LogP contribution in [0.3, 0.4) is 0 Å². The molecular formula is C24H38IN5S. The van der Waals surface area contributed by atoms with Crippen LogP contribution >= 0.6 is 35.3 Å². The summed E-state index contributed by atoms with van der Waals surface area (Å²) in [4.78, 5) is 12.1. The van der Waals surface area contributed by atoms with E-state index < -0.39 is 0 Å². The van der Waals surface area contributed by atoms with E-state index in [1.54, 1.807) is 11.3 Å². The highest BCUT2D eigenvalue weighted by atomic mass is 127. The van der Waals surface area contributed by atoms with Crippen LogP contribution in [-0.2, 0) is 18.4 Å². The fourth-order valence-electron chi connectivity index (χ4n) is 3.62. The Balaban J connectivity index is 0.00000341. The third-order valence-corrected chi connectivity index (χ3v) is 6.35. The average molecular weight is 556 g/mol. The predicted octanol–water partition coefficient (Wildman–Crippen LogP) is 4.82. The van der Waals surface area contributed by atoms with Crippen LogP contribution in [0, 0.1) is 0 Å². The maximum Gasteiger partial charge on any atom is 0.191 e. The molecule has 0 spiro atoms. The molecule has 0 radical (unpaired) electrons. The SMILES string of the molecule is CCNC(=NCCc1nc(C(C)(C)C)cs1)NC1CCN(Cc2ccccc2)CC1.I. The molecule has 0 bridgehead atoms. The van der Waals surface area contributed by atoms with E-state index in [4.69, 9.17) is 9.98 Å². The van der Waals surface area contributed by atoms with Gasteiger partial charge in [0.25, 0.3) is 0 Å².